The normalized spacial score (nSPS) is 11.7. The van der Waals surface area contributed by atoms with Crippen LogP contribution >= 0.6 is 0 Å². The summed E-state index contributed by atoms with van der Waals surface area (Å²) in [6.45, 7) is 3.09. The van der Waals surface area contributed by atoms with Crippen LogP contribution in [-0.4, -0.2) is 32.3 Å². The highest BCUT2D eigenvalue weighted by Crippen LogP contribution is 2.33. The molecule has 40 heavy (non-hydrogen) atoms. The Bertz CT molecular complexity index is 1480. The second-order valence-corrected chi connectivity index (χ2v) is 9.74. The molecule has 1 aliphatic heterocycles. The number of aryl methyl sites for hydroxylation is 1. The number of hydrogen-bond donors (Lipinski definition) is 1. The van der Waals surface area contributed by atoms with E-state index >= 15 is 0 Å². The monoisotopic (exact) mass is 536 g/mol. The summed E-state index contributed by atoms with van der Waals surface area (Å²) in [6.07, 6.45) is 0.942. The van der Waals surface area contributed by atoms with E-state index in [4.69, 9.17) is 14.2 Å². The van der Waals surface area contributed by atoms with Crippen LogP contribution in [0.3, 0.4) is 0 Å². The van der Waals surface area contributed by atoms with Crippen LogP contribution < -0.4 is 24.4 Å². The Kier molecular flexibility index (Phi) is 8.30. The summed E-state index contributed by atoms with van der Waals surface area (Å²) in [7, 11) is 1.64. The van der Waals surface area contributed by atoms with Crippen molar-refractivity contribution in [1.82, 2.24) is 5.32 Å². The average molecular weight is 537 g/mol. The molecule has 1 N–H and O–H groups in total. The van der Waals surface area contributed by atoms with Crippen molar-refractivity contribution in [3.05, 3.63) is 119 Å². The fourth-order valence-corrected chi connectivity index (χ4v) is 4.56. The standard InChI is InChI=1S/C33H32N2O5/c1-23-6-8-25(9-7-23)21-35(33(37)27-12-15-30-31(20-27)40-22-39-30)28-5-3-4-26(18-28)19-32(36)34-17-16-24-10-13-29(38-2)14-11-24/h3-15,18,20H,16-17,19,21-22H2,1-2H3,(H,34,36). The Hall–Kier alpha value is -4.78. The number of fused-ring (bicyclic) bond motifs is 1. The van der Waals surface area contributed by atoms with Crippen LogP contribution in [-0.2, 0) is 24.2 Å². The van der Waals surface area contributed by atoms with Gasteiger partial charge in [-0.2, -0.15) is 0 Å². The lowest BCUT2D eigenvalue weighted by atomic mass is 10.1. The molecule has 0 atom stereocenters. The lowest BCUT2D eigenvalue weighted by Crippen LogP contribution is -2.31. The molecule has 1 heterocycles. The van der Waals surface area contributed by atoms with Gasteiger partial charge in [0.2, 0.25) is 12.7 Å². The maximum atomic E-state index is 13.8. The van der Waals surface area contributed by atoms with E-state index in [-0.39, 0.29) is 25.0 Å². The highest BCUT2D eigenvalue weighted by atomic mass is 16.7. The molecule has 0 aliphatic carbocycles. The maximum Gasteiger partial charge on any atom is 0.258 e. The molecule has 0 saturated carbocycles. The van der Waals surface area contributed by atoms with Crippen LogP contribution in [0.1, 0.15) is 32.6 Å². The molecule has 0 aromatic heterocycles. The third-order valence-corrected chi connectivity index (χ3v) is 6.81. The van der Waals surface area contributed by atoms with Gasteiger partial charge < -0.3 is 24.4 Å². The minimum absolute atomic E-state index is 0.0714. The molecule has 4 aromatic rings. The molecule has 1 aliphatic rings. The zero-order valence-corrected chi connectivity index (χ0v) is 22.7. The topological polar surface area (TPSA) is 77.1 Å². The quantitative estimate of drug-likeness (QED) is 0.290. The number of carbonyl (C=O) groups is 2. The first-order chi connectivity index (χ1) is 19.5. The van der Waals surface area contributed by atoms with Gasteiger partial charge in [-0.05, 0) is 72.5 Å². The van der Waals surface area contributed by atoms with Crippen molar-refractivity contribution in [2.75, 3.05) is 25.3 Å². The van der Waals surface area contributed by atoms with Crippen LogP contribution in [0.4, 0.5) is 5.69 Å². The van der Waals surface area contributed by atoms with E-state index < -0.39 is 0 Å². The van der Waals surface area contributed by atoms with Crippen LogP contribution in [0.5, 0.6) is 17.2 Å². The van der Waals surface area contributed by atoms with E-state index in [2.05, 4.69) is 5.32 Å². The fourth-order valence-electron chi connectivity index (χ4n) is 4.56. The molecule has 0 fully saturated rings. The van der Waals surface area contributed by atoms with Crippen molar-refractivity contribution in [3.63, 3.8) is 0 Å². The fraction of sp³-hybridized carbons (Fsp3) is 0.212. The Labute approximate surface area is 234 Å². The SMILES string of the molecule is COc1ccc(CCNC(=O)Cc2cccc(N(Cc3ccc(C)cc3)C(=O)c3ccc4c(c3)OCO4)c2)cc1. The van der Waals surface area contributed by atoms with Crippen molar-refractivity contribution in [2.45, 2.75) is 26.3 Å². The number of ether oxygens (including phenoxy) is 3. The Morgan fingerprint density at radius 1 is 0.850 bits per heavy atom. The van der Waals surface area contributed by atoms with E-state index in [1.165, 1.54) is 0 Å². The maximum absolute atomic E-state index is 13.8. The van der Waals surface area contributed by atoms with Gasteiger partial charge in [-0.25, -0.2) is 0 Å². The van der Waals surface area contributed by atoms with Gasteiger partial charge >= 0.3 is 0 Å². The first kappa shape index (κ1) is 26.8. The number of anilines is 1. The minimum atomic E-state index is -0.167. The van der Waals surface area contributed by atoms with Gasteiger partial charge in [-0.3, -0.25) is 9.59 Å². The zero-order valence-electron chi connectivity index (χ0n) is 22.7. The number of hydrogen-bond acceptors (Lipinski definition) is 5. The molecule has 0 unspecified atom stereocenters. The van der Waals surface area contributed by atoms with Gasteiger partial charge in [-0.15, -0.1) is 0 Å². The van der Waals surface area contributed by atoms with Crippen LogP contribution in [0, 0.1) is 6.92 Å². The average Bonchev–Trinajstić information content (AvgIpc) is 3.45. The minimum Gasteiger partial charge on any atom is -0.497 e. The summed E-state index contributed by atoms with van der Waals surface area (Å²) >= 11 is 0. The van der Waals surface area contributed by atoms with Crippen molar-refractivity contribution in [2.24, 2.45) is 0 Å². The number of nitrogens with one attached hydrogen (secondary N) is 1. The van der Waals surface area contributed by atoms with Crippen molar-refractivity contribution < 1.29 is 23.8 Å². The molecule has 0 bridgehead atoms. The smallest absolute Gasteiger partial charge is 0.258 e. The number of rotatable bonds is 10. The molecular weight excluding hydrogens is 504 g/mol. The van der Waals surface area contributed by atoms with Gasteiger partial charge in [0.1, 0.15) is 5.75 Å². The Morgan fingerprint density at radius 2 is 1.60 bits per heavy atom. The first-order valence-corrected chi connectivity index (χ1v) is 13.2. The Balaban J connectivity index is 1.30. The molecule has 4 aromatic carbocycles. The molecule has 2 amide bonds. The molecule has 0 radical (unpaired) electrons. The molecule has 204 valence electrons. The summed E-state index contributed by atoms with van der Waals surface area (Å²) in [4.78, 5) is 28.3. The van der Waals surface area contributed by atoms with Gasteiger partial charge in [0, 0.05) is 17.8 Å². The molecule has 7 nitrogen and oxygen atoms in total. The second-order valence-electron chi connectivity index (χ2n) is 9.74. The lowest BCUT2D eigenvalue weighted by Gasteiger charge is -2.24. The summed E-state index contributed by atoms with van der Waals surface area (Å²) in [5, 5.41) is 3.00. The highest BCUT2D eigenvalue weighted by Gasteiger charge is 2.22. The van der Waals surface area contributed by atoms with Crippen molar-refractivity contribution in [3.8, 4) is 17.2 Å². The summed E-state index contributed by atoms with van der Waals surface area (Å²) in [5.41, 5.74) is 5.31. The third kappa shape index (κ3) is 6.61. The number of nitrogens with zero attached hydrogens (tertiary/aromatic N) is 1. The number of methoxy groups -OCH3 is 1. The number of carbonyl (C=O) groups excluding carboxylic acids is 2. The van der Waals surface area contributed by atoms with Crippen molar-refractivity contribution in [1.29, 1.82) is 0 Å². The number of benzene rings is 4. The predicted molar refractivity (Wildman–Crippen MR) is 154 cm³/mol. The van der Waals surface area contributed by atoms with Crippen LogP contribution in [0.2, 0.25) is 0 Å². The molecular formula is C33H32N2O5. The van der Waals surface area contributed by atoms with E-state index in [0.717, 1.165) is 34.4 Å². The zero-order chi connectivity index (χ0) is 27.9. The van der Waals surface area contributed by atoms with E-state index in [9.17, 15) is 9.59 Å². The second kappa shape index (κ2) is 12.4. The predicted octanol–water partition coefficient (Wildman–Crippen LogP) is 5.48. The summed E-state index contributed by atoms with van der Waals surface area (Å²) in [5.74, 6) is 1.75. The molecule has 0 spiro atoms. The third-order valence-electron chi connectivity index (χ3n) is 6.81. The number of amides is 2. The lowest BCUT2D eigenvalue weighted by molar-refractivity contribution is -0.120. The van der Waals surface area contributed by atoms with E-state index in [1.54, 1.807) is 30.2 Å². The first-order valence-electron chi connectivity index (χ1n) is 13.2. The van der Waals surface area contributed by atoms with E-state index in [0.29, 0.717) is 35.8 Å². The van der Waals surface area contributed by atoms with E-state index in [1.807, 2.05) is 79.7 Å². The van der Waals surface area contributed by atoms with Crippen molar-refractivity contribution >= 4 is 17.5 Å². The molecule has 0 saturated heterocycles. The van der Waals surface area contributed by atoms with Gasteiger partial charge in [0.25, 0.3) is 5.91 Å². The summed E-state index contributed by atoms with van der Waals surface area (Å²) < 4.78 is 16.1. The van der Waals surface area contributed by atoms with Gasteiger partial charge in [0.05, 0.1) is 20.1 Å². The molecule has 5 rings (SSSR count). The van der Waals surface area contributed by atoms with Crippen LogP contribution in [0.15, 0.2) is 91.0 Å². The highest BCUT2D eigenvalue weighted by molar-refractivity contribution is 6.06. The summed E-state index contributed by atoms with van der Waals surface area (Å²) in [6, 6.07) is 28.7. The van der Waals surface area contributed by atoms with Gasteiger partial charge in [-0.1, -0.05) is 54.1 Å². The van der Waals surface area contributed by atoms with Gasteiger partial charge in [0.15, 0.2) is 11.5 Å². The van der Waals surface area contributed by atoms with Crippen LogP contribution in [0.25, 0.3) is 0 Å². The largest absolute Gasteiger partial charge is 0.497 e. The molecule has 7 heteroatoms. The Morgan fingerprint density at radius 3 is 2.38 bits per heavy atom.